The van der Waals surface area contributed by atoms with Crippen molar-refractivity contribution in [2.75, 3.05) is 0 Å². The third-order valence-corrected chi connectivity index (χ3v) is 6.79. The largest absolute Gasteiger partial charge is 0.445 e. The average molecular weight is 424 g/mol. The lowest BCUT2D eigenvalue weighted by atomic mass is 10.1. The van der Waals surface area contributed by atoms with Crippen LogP contribution in [0, 0.1) is 6.92 Å². The van der Waals surface area contributed by atoms with Crippen LogP contribution in [0.1, 0.15) is 23.1 Å². The zero-order valence-corrected chi connectivity index (χ0v) is 17.6. The van der Waals surface area contributed by atoms with E-state index in [1.54, 1.807) is 24.3 Å². The molecule has 1 atom stereocenters. The third kappa shape index (κ3) is 5.94. The number of benzene rings is 3. The summed E-state index contributed by atoms with van der Waals surface area (Å²) in [6, 6.07) is 25.4. The second-order valence-corrected chi connectivity index (χ2v) is 9.21. The SMILES string of the molecule is Cc1ccc(S(=O)(=O)C(CCc2ccccc2)NC(=O)OCc2ccccc2)cc1. The highest BCUT2D eigenvalue weighted by Crippen LogP contribution is 2.19. The molecule has 6 heteroatoms. The Hall–Kier alpha value is -3.12. The van der Waals surface area contributed by atoms with Crippen molar-refractivity contribution in [3.63, 3.8) is 0 Å². The predicted molar refractivity (Wildman–Crippen MR) is 117 cm³/mol. The second kappa shape index (κ2) is 10.1. The van der Waals surface area contributed by atoms with Crippen molar-refractivity contribution < 1.29 is 17.9 Å². The van der Waals surface area contributed by atoms with E-state index in [0.717, 1.165) is 16.7 Å². The molecule has 0 radical (unpaired) electrons. The van der Waals surface area contributed by atoms with Gasteiger partial charge in [-0.1, -0.05) is 78.4 Å². The van der Waals surface area contributed by atoms with Gasteiger partial charge in [-0.2, -0.15) is 0 Å². The molecule has 3 aromatic carbocycles. The number of rotatable bonds is 8. The van der Waals surface area contributed by atoms with E-state index in [2.05, 4.69) is 5.32 Å². The van der Waals surface area contributed by atoms with Crippen molar-refractivity contribution in [1.29, 1.82) is 0 Å². The number of hydrogen-bond acceptors (Lipinski definition) is 4. The summed E-state index contributed by atoms with van der Waals surface area (Å²) in [7, 11) is -3.78. The predicted octanol–water partition coefficient (Wildman–Crippen LogP) is 4.65. The number of nitrogens with one attached hydrogen (secondary N) is 1. The lowest BCUT2D eigenvalue weighted by Gasteiger charge is -2.19. The first-order valence-electron chi connectivity index (χ1n) is 9.77. The highest BCUT2D eigenvalue weighted by Gasteiger charge is 2.29. The number of aryl methyl sites for hydroxylation is 2. The Morgan fingerprint density at radius 2 is 1.43 bits per heavy atom. The molecule has 0 aliphatic rings. The summed E-state index contributed by atoms with van der Waals surface area (Å²) >= 11 is 0. The van der Waals surface area contributed by atoms with Crippen molar-refractivity contribution in [1.82, 2.24) is 5.32 Å². The Balaban J connectivity index is 1.74. The number of sulfone groups is 1. The lowest BCUT2D eigenvalue weighted by molar-refractivity contribution is 0.138. The summed E-state index contributed by atoms with van der Waals surface area (Å²) in [5.41, 5.74) is 2.79. The van der Waals surface area contributed by atoms with E-state index >= 15 is 0 Å². The molecule has 0 aromatic heterocycles. The zero-order chi connectivity index (χ0) is 21.4. The highest BCUT2D eigenvalue weighted by molar-refractivity contribution is 7.92. The van der Waals surface area contributed by atoms with Crippen molar-refractivity contribution in [3.8, 4) is 0 Å². The molecule has 3 aromatic rings. The van der Waals surface area contributed by atoms with Crippen molar-refractivity contribution in [2.24, 2.45) is 0 Å². The van der Waals surface area contributed by atoms with Gasteiger partial charge in [0.15, 0.2) is 9.84 Å². The van der Waals surface area contributed by atoms with Gasteiger partial charge in [-0.15, -0.1) is 0 Å². The van der Waals surface area contributed by atoms with Crippen LogP contribution in [0.4, 0.5) is 4.79 Å². The molecule has 0 heterocycles. The van der Waals surface area contributed by atoms with Gasteiger partial charge in [0, 0.05) is 0 Å². The van der Waals surface area contributed by atoms with Gasteiger partial charge in [-0.25, -0.2) is 13.2 Å². The summed E-state index contributed by atoms with van der Waals surface area (Å²) in [6.45, 7) is 1.96. The van der Waals surface area contributed by atoms with Crippen LogP contribution < -0.4 is 5.32 Å². The first-order chi connectivity index (χ1) is 14.4. The highest BCUT2D eigenvalue weighted by atomic mass is 32.2. The van der Waals surface area contributed by atoms with E-state index in [1.807, 2.05) is 67.6 Å². The molecule has 1 N–H and O–H groups in total. The second-order valence-electron chi connectivity index (χ2n) is 7.08. The quantitative estimate of drug-likeness (QED) is 0.572. The first-order valence-corrected chi connectivity index (χ1v) is 11.3. The van der Waals surface area contributed by atoms with E-state index in [9.17, 15) is 13.2 Å². The fourth-order valence-corrected chi connectivity index (χ4v) is 4.56. The van der Waals surface area contributed by atoms with Crippen LogP contribution in [0.3, 0.4) is 0 Å². The van der Waals surface area contributed by atoms with Crippen LogP contribution in [0.2, 0.25) is 0 Å². The lowest BCUT2D eigenvalue weighted by Crippen LogP contribution is -2.41. The van der Waals surface area contributed by atoms with E-state index in [0.29, 0.717) is 6.42 Å². The summed E-state index contributed by atoms with van der Waals surface area (Å²) in [5.74, 6) is 0. The Kier molecular flexibility index (Phi) is 7.25. The van der Waals surface area contributed by atoms with E-state index in [-0.39, 0.29) is 17.9 Å². The van der Waals surface area contributed by atoms with Gasteiger partial charge < -0.3 is 10.1 Å². The van der Waals surface area contributed by atoms with Crippen LogP contribution >= 0.6 is 0 Å². The summed E-state index contributed by atoms with van der Waals surface area (Å²) in [6.07, 6.45) is -0.0106. The summed E-state index contributed by atoms with van der Waals surface area (Å²) in [4.78, 5) is 12.5. The molecular weight excluding hydrogens is 398 g/mol. The number of carbonyl (C=O) groups excluding carboxylic acids is 1. The van der Waals surface area contributed by atoms with E-state index in [4.69, 9.17) is 4.74 Å². The minimum absolute atomic E-state index is 0.0721. The Bertz CT molecular complexity index is 1050. The fourth-order valence-electron chi connectivity index (χ4n) is 3.04. The Labute approximate surface area is 177 Å². The number of hydrogen-bond donors (Lipinski definition) is 1. The number of amides is 1. The minimum Gasteiger partial charge on any atom is -0.445 e. The molecule has 1 unspecified atom stereocenters. The number of alkyl carbamates (subject to hydrolysis) is 1. The van der Waals surface area contributed by atoms with Gasteiger partial charge in [-0.05, 0) is 43.0 Å². The molecule has 0 saturated carbocycles. The first kappa shape index (κ1) is 21.6. The van der Waals surface area contributed by atoms with Crippen LogP contribution in [-0.2, 0) is 27.6 Å². The maximum atomic E-state index is 13.2. The van der Waals surface area contributed by atoms with E-state index < -0.39 is 21.3 Å². The van der Waals surface area contributed by atoms with Crippen LogP contribution in [0.15, 0.2) is 89.8 Å². The van der Waals surface area contributed by atoms with Gasteiger partial charge in [0.2, 0.25) is 0 Å². The molecule has 0 aliphatic heterocycles. The molecule has 0 fully saturated rings. The third-order valence-electron chi connectivity index (χ3n) is 4.75. The van der Waals surface area contributed by atoms with Gasteiger partial charge >= 0.3 is 6.09 Å². The molecule has 0 spiro atoms. The molecule has 0 aliphatic carbocycles. The number of carbonyl (C=O) groups is 1. The van der Waals surface area contributed by atoms with Crippen LogP contribution in [0.5, 0.6) is 0 Å². The van der Waals surface area contributed by atoms with Crippen LogP contribution in [-0.4, -0.2) is 19.9 Å². The zero-order valence-electron chi connectivity index (χ0n) is 16.8. The molecule has 3 rings (SSSR count). The van der Waals surface area contributed by atoms with Gasteiger partial charge in [-0.3, -0.25) is 0 Å². The van der Waals surface area contributed by atoms with Crippen molar-refractivity contribution in [2.45, 2.75) is 36.6 Å². The monoisotopic (exact) mass is 423 g/mol. The molecule has 0 bridgehead atoms. The molecule has 5 nitrogen and oxygen atoms in total. The Morgan fingerprint density at radius 3 is 2.03 bits per heavy atom. The molecular formula is C24H25NO4S. The smallest absolute Gasteiger partial charge is 0.408 e. The summed E-state index contributed by atoms with van der Waals surface area (Å²) in [5, 5.41) is 1.47. The normalized spacial score (nSPS) is 12.2. The standard InChI is InChI=1S/C24H25NO4S/c1-19-12-15-22(16-13-19)30(27,28)23(17-14-20-8-4-2-5-9-20)25-24(26)29-18-21-10-6-3-7-11-21/h2-13,15-16,23H,14,17-18H2,1H3,(H,25,26). The van der Waals surface area contributed by atoms with Gasteiger partial charge in [0.1, 0.15) is 12.0 Å². The summed E-state index contributed by atoms with van der Waals surface area (Å²) < 4.78 is 31.7. The maximum Gasteiger partial charge on any atom is 0.408 e. The van der Waals surface area contributed by atoms with Crippen molar-refractivity contribution >= 4 is 15.9 Å². The maximum absolute atomic E-state index is 13.2. The van der Waals surface area contributed by atoms with Crippen LogP contribution in [0.25, 0.3) is 0 Å². The van der Waals surface area contributed by atoms with E-state index in [1.165, 1.54) is 0 Å². The topological polar surface area (TPSA) is 72.5 Å². The molecule has 30 heavy (non-hydrogen) atoms. The van der Waals surface area contributed by atoms with Crippen molar-refractivity contribution in [3.05, 3.63) is 102 Å². The fraction of sp³-hybridized carbons (Fsp3) is 0.208. The number of ether oxygens (including phenoxy) is 1. The average Bonchev–Trinajstić information content (AvgIpc) is 2.77. The minimum atomic E-state index is -3.78. The van der Waals surface area contributed by atoms with Gasteiger partial charge in [0.05, 0.1) is 4.90 Å². The molecule has 1 amide bonds. The Morgan fingerprint density at radius 1 is 0.867 bits per heavy atom. The molecule has 0 saturated heterocycles. The van der Waals surface area contributed by atoms with Gasteiger partial charge in [0.25, 0.3) is 0 Å². The molecule has 156 valence electrons.